The second-order valence-electron chi connectivity index (χ2n) is 3.47. The van der Waals surface area contributed by atoms with E-state index in [-0.39, 0.29) is 6.61 Å². The van der Waals surface area contributed by atoms with Crippen molar-refractivity contribution in [3.8, 4) is 11.8 Å². The molecule has 0 atom stereocenters. The molecular formula is C11H7F3N2O5. The summed E-state index contributed by atoms with van der Waals surface area (Å²) >= 11 is 0. The van der Waals surface area contributed by atoms with Crippen molar-refractivity contribution >= 4 is 11.7 Å². The van der Waals surface area contributed by atoms with Crippen LogP contribution in [0.5, 0.6) is 5.75 Å². The highest BCUT2D eigenvalue weighted by molar-refractivity contribution is 5.95. The van der Waals surface area contributed by atoms with Crippen molar-refractivity contribution in [1.82, 2.24) is 0 Å². The Labute approximate surface area is 115 Å². The minimum absolute atomic E-state index is 0.0985. The molecule has 0 bridgehead atoms. The highest BCUT2D eigenvalue weighted by Crippen LogP contribution is 2.34. The Kier molecular flexibility index (Phi) is 4.70. The fraction of sp³-hybridized carbons (Fsp3) is 0.273. The zero-order valence-electron chi connectivity index (χ0n) is 10.4. The van der Waals surface area contributed by atoms with Crippen molar-refractivity contribution in [1.29, 1.82) is 5.26 Å². The average Bonchev–Trinajstić information content (AvgIpc) is 2.36. The van der Waals surface area contributed by atoms with E-state index in [4.69, 9.17) is 5.26 Å². The summed E-state index contributed by atoms with van der Waals surface area (Å²) in [5.74, 6) is -2.19. The summed E-state index contributed by atoms with van der Waals surface area (Å²) in [4.78, 5) is 21.3. The van der Waals surface area contributed by atoms with Gasteiger partial charge in [0.1, 0.15) is 11.6 Å². The summed E-state index contributed by atoms with van der Waals surface area (Å²) < 4.78 is 44.6. The molecule has 0 saturated carbocycles. The maximum absolute atomic E-state index is 12.2. The van der Waals surface area contributed by atoms with E-state index in [1.54, 1.807) is 0 Å². The molecule has 0 N–H and O–H groups in total. The number of carbonyl (C=O) groups excluding carboxylic acids is 1. The van der Waals surface area contributed by atoms with E-state index in [1.807, 2.05) is 0 Å². The molecule has 1 aromatic carbocycles. The quantitative estimate of drug-likeness (QED) is 0.481. The number of alkyl halides is 3. The van der Waals surface area contributed by atoms with Gasteiger partial charge in [-0.15, -0.1) is 13.2 Å². The first-order valence-corrected chi connectivity index (χ1v) is 5.35. The average molecular weight is 304 g/mol. The third-order valence-corrected chi connectivity index (χ3v) is 2.16. The van der Waals surface area contributed by atoms with E-state index in [1.165, 1.54) is 13.0 Å². The van der Waals surface area contributed by atoms with E-state index in [0.717, 1.165) is 6.07 Å². The molecule has 0 unspecified atom stereocenters. The number of carbonyl (C=O) groups is 1. The Hall–Kier alpha value is -2.83. The summed E-state index contributed by atoms with van der Waals surface area (Å²) in [5.41, 5.74) is -2.74. The molecule has 0 aliphatic rings. The van der Waals surface area contributed by atoms with Gasteiger partial charge in [0.25, 0.3) is 0 Å². The molecule has 1 aromatic rings. The molecule has 10 heteroatoms. The van der Waals surface area contributed by atoms with E-state index in [0.29, 0.717) is 6.07 Å². The van der Waals surface area contributed by atoms with E-state index in [2.05, 4.69) is 9.47 Å². The molecule has 1 rings (SSSR count). The maximum atomic E-state index is 12.2. The predicted octanol–water partition coefficient (Wildman–Crippen LogP) is 2.54. The molecule has 0 saturated heterocycles. The van der Waals surface area contributed by atoms with Gasteiger partial charge in [0.15, 0.2) is 11.3 Å². The molecule has 0 aliphatic heterocycles. The second kappa shape index (κ2) is 6.08. The number of esters is 1. The van der Waals surface area contributed by atoms with E-state index < -0.39 is 39.8 Å². The smallest absolute Gasteiger partial charge is 0.462 e. The van der Waals surface area contributed by atoms with Gasteiger partial charge in [-0.05, 0) is 19.1 Å². The third-order valence-electron chi connectivity index (χ3n) is 2.16. The van der Waals surface area contributed by atoms with Crippen LogP contribution in [0.2, 0.25) is 0 Å². The number of nitro groups is 1. The number of rotatable bonds is 4. The summed E-state index contributed by atoms with van der Waals surface area (Å²) in [6, 6.07) is 2.61. The highest BCUT2D eigenvalue weighted by atomic mass is 19.4. The normalized spacial score (nSPS) is 10.6. The monoisotopic (exact) mass is 304 g/mol. The summed E-state index contributed by atoms with van der Waals surface area (Å²) in [6.07, 6.45) is -5.13. The second-order valence-corrected chi connectivity index (χ2v) is 3.47. The topological polar surface area (TPSA) is 102 Å². The summed E-state index contributed by atoms with van der Waals surface area (Å²) in [5, 5.41) is 19.8. The van der Waals surface area contributed by atoms with Crippen LogP contribution in [0.4, 0.5) is 18.9 Å². The molecule has 0 aromatic heterocycles. The third kappa shape index (κ3) is 3.82. The fourth-order valence-corrected chi connectivity index (χ4v) is 1.45. The van der Waals surface area contributed by atoms with Gasteiger partial charge in [-0.3, -0.25) is 10.1 Å². The SMILES string of the molecule is CCOC(=O)c1ccc(OC(F)(F)F)c(C#N)c1[N+](=O)[O-]. The zero-order valence-corrected chi connectivity index (χ0v) is 10.4. The molecular weight excluding hydrogens is 297 g/mol. The molecule has 0 spiro atoms. The van der Waals surface area contributed by atoms with Crippen molar-refractivity contribution < 1.29 is 32.4 Å². The lowest BCUT2D eigenvalue weighted by Gasteiger charge is -2.11. The van der Waals surface area contributed by atoms with Gasteiger partial charge in [-0.25, -0.2) is 4.79 Å². The number of halogens is 3. The first kappa shape index (κ1) is 16.2. The number of nitrogens with zero attached hydrogens (tertiary/aromatic N) is 2. The Bertz CT molecular complexity index is 622. The number of hydrogen-bond donors (Lipinski definition) is 0. The molecule has 0 radical (unpaired) electrons. The number of ether oxygens (including phenoxy) is 2. The number of hydrogen-bond acceptors (Lipinski definition) is 6. The van der Waals surface area contributed by atoms with Crippen LogP contribution in [-0.4, -0.2) is 23.9 Å². The predicted molar refractivity (Wildman–Crippen MR) is 60.5 cm³/mol. The number of nitriles is 1. The molecule has 0 fully saturated rings. The Balaban J connectivity index is 3.50. The Morgan fingerprint density at radius 3 is 2.52 bits per heavy atom. The van der Waals surface area contributed by atoms with Crippen LogP contribution in [0.15, 0.2) is 12.1 Å². The van der Waals surface area contributed by atoms with Gasteiger partial charge in [0, 0.05) is 0 Å². The van der Waals surface area contributed by atoms with Crippen LogP contribution in [0.25, 0.3) is 0 Å². The fourth-order valence-electron chi connectivity index (χ4n) is 1.45. The standard InChI is InChI=1S/C11H7F3N2O5/c1-2-20-10(17)6-3-4-8(21-11(12,13)14)7(5-15)9(6)16(18)19/h3-4H,2H2,1H3. The first-order valence-electron chi connectivity index (χ1n) is 5.35. The molecule has 0 amide bonds. The van der Waals surface area contributed by atoms with Gasteiger partial charge >= 0.3 is 18.0 Å². The lowest BCUT2D eigenvalue weighted by Crippen LogP contribution is -2.19. The first-order chi connectivity index (χ1) is 9.71. The number of benzene rings is 1. The largest absolute Gasteiger partial charge is 0.573 e. The van der Waals surface area contributed by atoms with Gasteiger partial charge < -0.3 is 9.47 Å². The van der Waals surface area contributed by atoms with Crippen LogP contribution in [0.1, 0.15) is 22.8 Å². The molecule has 0 aliphatic carbocycles. The van der Waals surface area contributed by atoms with Gasteiger partial charge in [0.05, 0.1) is 11.5 Å². The van der Waals surface area contributed by atoms with Crippen molar-refractivity contribution in [2.45, 2.75) is 13.3 Å². The Morgan fingerprint density at radius 2 is 2.10 bits per heavy atom. The summed E-state index contributed by atoms with van der Waals surface area (Å²) in [6.45, 7) is 1.34. The minimum Gasteiger partial charge on any atom is -0.462 e. The number of nitro benzene ring substituents is 1. The zero-order chi connectivity index (χ0) is 16.2. The van der Waals surface area contributed by atoms with Gasteiger partial charge in [0.2, 0.25) is 0 Å². The van der Waals surface area contributed by atoms with Crippen LogP contribution in [0.3, 0.4) is 0 Å². The summed E-state index contributed by atoms with van der Waals surface area (Å²) in [7, 11) is 0. The van der Waals surface area contributed by atoms with Crippen LogP contribution >= 0.6 is 0 Å². The lowest BCUT2D eigenvalue weighted by atomic mass is 10.1. The Morgan fingerprint density at radius 1 is 1.48 bits per heavy atom. The van der Waals surface area contributed by atoms with E-state index >= 15 is 0 Å². The lowest BCUT2D eigenvalue weighted by molar-refractivity contribution is -0.385. The van der Waals surface area contributed by atoms with Crippen molar-refractivity contribution in [3.63, 3.8) is 0 Å². The van der Waals surface area contributed by atoms with Crippen molar-refractivity contribution in [3.05, 3.63) is 33.4 Å². The highest BCUT2D eigenvalue weighted by Gasteiger charge is 2.36. The minimum atomic E-state index is -5.13. The molecule has 0 heterocycles. The van der Waals surface area contributed by atoms with E-state index in [9.17, 15) is 28.1 Å². The van der Waals surface area contributed by atoms with Gasteiger partial charge in [-0.2, -0.15) is 5.26 Å². The van der Waals surface area contributed by atoms with Crippen LogP contribution in [0, 0.1) is 21.4 Å². The molecule has 21 heavy (non-hydrogen) atoms. The molecule has 112 valence electrons. The maximum Gasteiger partial charge on any atom is 0.573 e. The molecule has 7 nitrogen and oxygen atoms in total. The van der Waals surface area contributed by atoms with Crippen LogP contribution < -0.4 is 4.74 Å². The van der Waals surface area contributed by atoms with Crippen molar-refractivity contribution in [2.75, 3.05) is 6.61 Å². The van der Waals surface area contributed by atoms with Crippen LogP contribution in [-0.2, 0) is 4.74 Å². The van der Waals surface area contributed by atoms with Crippen molar-refractivity contribution in [2.24, 2.45) is 0 Å². The van der Waals surface area contributed by atoms with Gasteiger partial charge in [-0.1, -0.05) is 0 Å².